The second kappa shape index (κ2) is 7.94. The smallest absolute Gasteiger partial charge is 0.321 e. The van der Waals surface area contributed by atoms with E-state index in [4.69, 9.17) is 4.74 Å². The lowest BCUT2D eigenvalue weighted by Crippen LogP contribution is -2.33. The lowest BCUT2D eigenvalue weighted by atomic mass is 10.2. The van der Waals surface area contributed by atoms with Crippen LogP contribution in [-0.2, 0) is 11.3 Å². The Kier molecular flexibility index (Phi) is 5.68. The van der Waals surface area contributed by atoms with Crippen molar-refractivity contribution in [2.24, 2.45) is 5.92 Å². The first-order valence-corrected chi connectivity index (χ1v) is 9.73. The summed E-state index contributed by atoms with van der Waals surface area (Å²) in [7, 11) is 1.71. The zero-order chi connectivity index (χ0) is 16.9. The lowest BCUT2D eigenvalue weighted by Gasteiger charge is -2.17. The molecule has 6 heteroatoms. The van der Waals surface area contributed by atoms with E-state index < -0.39 is 0 Å². The molecule has 5 nitrogen and oxygen atoms in total. The number of likely N-dealkylation sites (tertiary alicyclic amines) is 1. The standard InChI is InChI=1S/C18H25N3O2S/c1-23-10-9-20-8-6-15-11-16(3-4-17(15)20)19-18(22)21-7-5-14(12-21)13-24-2/h3-4,6,8,11,14H,5,7,9-10,12-13H2,1-2H3,(H,19,22). The number of methoxy groups -OCH3 is 1. The summed E-state index contributed by atoms with van der Waals surface area (Å²) in [4.78, 5) is 14.4. The van der Waals surface area contributed by atoms with E-state index in [-0.39, 0.29) is 6.03 Å². The Hall–Kier alpha value is -1.66. The zero-order valence-corrected chi connectivity index (χ0v) is 15.1. The van der Waals surface area contributed by atoms with E-state index in [1.54, 1.807) is 7.11 Å². The number of nitrogens with one attached hydrogen (secondary N) is 1. The molecule has 1 unspecified atom stereocenters. The minimum absolute atomic E-state index is 0.0109. The van der Waals surface area contributed by atoms with Crippen molar-refractivity contribution in [1.82, 2.24) is 9.47 Å². The fourth-order valence-electron chi connectivity index (χ4n) is 3.25. The van der Waals surface area contributed by atoms with Crippen molar-refractivity contribution in [1.29, 1.82) is 0 Å². The number of hydrogen-bond acceptors (Lipinski definition) is 3. The van der Waals surface area contributed by atoms with Gasteiger partial charge in [0.15, 0.2) is 0 Å². The molecule has 1 aromatic carbocycles. The van der Waals surface area contributed by atoms with Crippen molar-refractivity contribution in [3.8, 4) is 0 Å². The number of hydrogen-bond donors (Lipinski definition) is 1. The van der Waals surface area contributed by atoms with Crippen LogP contribution in [0.3, 0.4) is 0 Å². The van der Waals surface area contributed by atoms with Crippen molar-refractivity contribution in [2.45, 2.75) is 13.0 Å². The van der Waals surface area contributed by atoms with E-state index in [1.165, 1.54) is 0 Å². The quantitative estimate of drug-likeness (QED) is 0.870. The molecule has 0 spiro atoms. The first-order valence-electron chi connectivity index (χ1n) is 8.34. The molecule has 3 rings (SSSR count). The van der Waals surface area contributed by atoms with Crippen molar-refractivity contribution in [2.75, 3.05) is 44.1 Å². The topological polar surface area (TPSA) is 46.5 Å². The van der Waals surface area contributed by atoms with Crippen LogP contribution in [0.1, 0.15) is 6.42 Å². The monoisotopic (exact) mass is 347 g/mol. The van der Waals surface area contributed by atoms with E-state index in [1.807, 2.05) is 28.8 Å². The number of fused-ring (bicyclic) bond motifs is 1. The van der Waals surface area contributed by atoms with Crippen LogP contribution in [-0.4, -0.2) is 54.3 Å². The van der Waals surface area contributed by atoms with Gasteiger partial charge in [-0.25, -0.2) is 4.79 Å². The second-order valence-corrected chi connectivity index (χ2v) is 7.17. The third kappa shape index (κ3) is 3.87. The average molecular weight is 347 g/mol. The second-order valence-electron chi connectivity index (χ2n) is 6.26. The minimum atomic E-state index is 0.0109. The molecule has 1 atom stereocenters. The molecular formula is C18H25N3O2S. The number of aromatic nitrogens is 1. The normalized spacial score (nSPS) is 17.6. The fraction of sp³-hybridized carbons (Fsp3) is 0.500. The van der Waals surface area contributed by atoms with Crippen LogP contribution in [0.15, 0.2) is 30.5 Å². The molecule has 1 aliphatic heterocycles. The molecule has 1 saturated heterocycles. The maximum absolute atomic E-state index is 12.4. The summed E-state index contributed by atoms with van der Waals surface area (Å²) in [6.45, 7) is 3.24. The predicted octanol–water partition coefficient (Wildman–Crippen LogP) is 3.50. The summed E-state index contributed by atoms with van der Waals surface area (Å²) >= 11 is 1.86. The predicted molar refractivity (Wildman–Crippen MR) is 101 cm³/mol. The maximum Gasteiger partial charge on any atom is 0.321 e. The number of nitrogens with zero attached hydrogens (tertiary/aromatic N) is 2. The Balaban J connectivity index is 1.64. The number of carbonyl (C=O) groups excluding carboxylic acids is 1. The van der Waals surface area contributed by atoms with Crippen LogP contribution >= 0.6 is 11.8 Å². The number of thioether (sulfide) groups is 1. The van der Waals surface area contributed by atoms with E-state index in [0.717, 1.165) is 48.4 Å². The molecule has 24 heavy (non-hydrogen) atoms. The molecular weight excluding hydrogens is 322 g/mol. The van der Waals surface area contributed by atoms with Gasteiger partial charge >= 0.3 is 6.03 Å². The average Bonchev–Trinajstić information content (AvgIpc) is 3.20. The van der Waals surface area contributed by atoms with Gasteiger partial charge in [0.25, 0.3) is 0 Å². The van der Waals surface area contributed by atoms with Crippen molar-refractivity contribution >= 4 is 34.4 Å². The molecule has 1 aliphatic rings. The number of benzene rings is 1. The van der Waals surface area contributed by atoms with E-state index in [0.29, 0.717) is 12.5 Å². The van der Waals surface area contributed by atoms with E-state index >= 15 is 0 Å². The molecule has 1 N–H and O–H groups in total. The highest BCUT2D eigenvalue weighted by molar-refractivity contribution is 7.98. The molecule has 2 aromatic rings. The Labute approximate surface area is 147 Å². The summed E-state index contributed by atoms with van der Waals surface area (Å²) in [5.41, 5.74) is 2.01. The first kappa shape index (κ1) is 17.2. The van der Waals surface area contributed by atoms with Gasteiger partial charge in [0.05, 0.1) is 6.61 Å². The molecule has 1 aromatic heterocycles. The summed E-state index contributed by atoms with van der Waals surface area (Å²) in [6.07, 6.45) is 5.29. The molecule has 0 aliphatic carbocycles. The fourth-order valence-corrected chi connectivity index (χ4v) is 4.00. The molecule has 2 amide bonds. The van der Waals surface area contributed by atoms with Crippen molar-refractivity contribution in [3.63, 3.8) is 0 Å². The van der Waals surface area contributed by atoms with Gasteiger partial charge in [-0.15, -0.1) is 0 Å². The molecule has 0 saturated carbocycles. The molecule has 2 heterocycles. The molecule has 0 radical (unpaired) electrons. The van der Waals surface area contributed by atoms with Crippen LogP contribution in [0.5, 0.6) is 0 Å². The van der Waals surface area contributed by atoms with Gasteiger partial charge < -0.3 is 19.5 Å². The Bertz CT molecular complexity index is 701. The summed E-state index contributed by atoms with van der Waals surface area (Å²) in [5, 5.41) is 4.17. The molecule has 0 bridgehead atoms. The van der Waals surface area contributed by atoms with Crippen LogP contribution in [0.2, 0.25) is 0 Å². The number of anilines is 1. The van der Waals surface area contributed by atoms with Crippen LogP contribution in [0.4, 0.5) is 10.5 Å². The molecule has 1 fully saturated rings. The maximum atomic E-state index is 12.4. The number of ether oxygens (including phenoxy) is 1. The highest BCUT2D eigenvalue weighted by Gasteiger charge is 2.25. The highest BCUT2D eigenvalue weighted by atomic mass is 32.2. The first-order chi connectivity index (χ1) is 11.7. The van der Waals surface area contributed by atoms with E-state index in [2.05, 4.69) is 34.5 Å². The van der Waals surface area contributed by atoms with Gasteiger partial charge in [0, 0.05) is 49.5 Å². The number of amides is 2. The summed E-state index contributed by atoms with van der Waals surface area (Å²) < 4.78 is 7.30. The third-order valence-electron chi connectivity index (χ3n) is 4.53. The van der Waals surface area contributed by atoms with Crippen LogP contribution < -0.4 is 5.32 Å². The number of carbonyl (C=O) groups is 1. The zero-order valence-electron chi connectivity index (χ0n) is 14.3. The van der Waals surface area contributed by atoms with Gasteiger partial charge in [-0.2, -0.15) is 11.8 Å². The summed E-state index contributed by atoms with van der Waals surface area (Å²) in [5.74, 6) is 1.76. The number of rotatable bonds is 6. The van der Waals surface area contributed by atoms with Gasteiger partial charge in [-0.3, -0.25) is 0 Å². The van der Waals surface area contributed by atoms with E-state index in [9.17, 15) is 4.79 Å². The summed E-state index contributed by atoms with van der Waals surface area (Å²) in [6, 6.07) is 8.15. The van der Waals surface area contributed by atoms with Crippen molar-refractivity contribution < 1.29 is 9.53 Å². The van der Waals surface area contributed by atoms with Crippen molar-refractivity contribution in [3.05, 3.63) is 30.5 Å². The SMILES string of the molecule is COCCn1ccc2cc(NC(=O)N3CCC(CSC)C3)ccc21. The van der Waals surface area contributed by atoms with Crippen LogP contribution in [0, 0.1) is 5.92 Å². The Morgan fingerprint density at radius 2 is 2.29 bits per heavy atom. The van der Waals surface area contributed by atoms with Gasteiger partial charge in [0.1, 0.15) is 0 Å². The largest absolute Gasteiger partial charge is 0.383 e. The highest BCUT2D eigenvalue weighted by Crippen LogP contribution is 2.23. The van der Waals surface area contributed by atoms with Gasteiger partial charge in [-0.05, 0) is 48.6 Å². The Morgan fingerprint density at radius 3 is 3.08 bits per heavy atom. The third-order valence-corrected chi connectivity index (χ3v) is 5.34. The van der Waals surface area contributed by atoms with Gasteiger partial charge in [0.2, 0.25) is 0 Å². The van der Waals surface area contributed by atoms with Crippen LogP contribution in [0.25, 0.3) is 10.9 Å². The Morgan fingerprint density at radius 1 is 1.42 bits per heavy atom. The van der Waals surface area contributed by atoms with Gasteiger partial charge in [-0.1, -0.05) is 0 Å². The lowest BCUT2D eigenvalue weighted by molar-refractivity contribution is 0.188. The minimum Gasteiger partial charge on any atom is -0.383 e. The molecule has 130 valence electrons. The number of urea groups is 1.